The van der Waals surface area contributed by atoms with E-state index in [-0.39, 0.29) is 0 Å². The smallest absolute Gasteiger partial charge is 0.239 e. The van der Waals surface area contributed by atoms with Gasteiger partial charge >= 0.3 is 0 Å². The van der Waals surface area contributed by atoms with E-state index in [4.69, 9.17) is 10.00 Å². The van der Waals surface area contributed by atoms with E-state index in [1.807, 2.05) is 13.0 Å². The first-order valence-corrected chi connectivity index (χ1v) is 4.74. The van der Waals surface area contributed by atoms with E-state index in [9.17, 15) is 0 Å². The van der Waals surface area contributed by atoms with Gasteiger partial charge in [0.2, 0.25) is 11.8 Å². The predicted molar refractivity (Wildman–Crippen MR) is 57.0 cm³/mol. The summed E-state index contributed by atoms with van der Waals surface area (Å²) < 4.78 is 7.12. The van der Waals surface area contributed by atoms with Crippen LogP contribution in [0.1, 0.15) is 11.3 Å². The van der Waals surface area contributed by atoms with Gasteiger partial charge in [0.25, 0.3) is 0 Å². The molecule has 5 heteroatoms. The highest BCUT2D eigenvalue weighted by atomic mass is 16.5. The zero-order valence-electron chi connectivity index (χ0n) is 9.01. The van der Waals surface area contributed by atoms with Gasteiger partial charge in [-0.2, -0.15) is 10.4 Å². The standard InChI is InChI=1S/C11H10N4O/c1-8-6-10(15(2)14-8)16-11-9(7-12)4-3-5-13-11/h3-6H,1-2H3. The van der Waals surface area contributed by atoms with Gasteiger partial charge in [0.15, 0.2) is 0 Å². The quantitative estimate of drug-likeness (QED) is 0.764. The molecule has 2 aromatic heterocycles. The van der Waals surface area contributed by atoms with Crippen molar-refractivity contribution in [3.63, 3.8) is 0 Å². The first kappa shape index (κ1) is 10.2. The van der Waals surface area contributed by atoms with E-state index < -0.39 is 0 Å². The van der Waals surface area contributed by atoms with Crippen LogP contribution in [0.3, 0.4) is 0 Å². The molecule has 0 saturated heterocycles. The van der Waals surface area contributed by atoms with Crippen LogP contribution in [0.5, 0.6) is 11.8 Å². The number of hydrogen-bond donors (Lipinski definition) is 0. The SMILES string of the molecule is Cc1cc(Oc2ncccc2C#N)n(C)n1. The summed E-state index contributed by atoms with van der Waals surface area (Å²) in [5.74, 6) is 0.862. The predicted octanol–water partition coefficient (Wildman–Crippen LogP) is 1.79. The Balaban J connectivity index is 2.34. The number of rotatable bonds is 2. The summed E-state index contributed by atoms with van der Waals surface area (Å²) >= 11 is 0. The van der Waals surface area contributed by atoms with Gasteiger partial charge in [-0.25, -0.2) is 9.67 Å². The summed E-state index contributed by atoms with van der Waals surface area (Å²) in [5.41, 5.74) is 1.26. The van der Waals surface area contributed by atoms with Crippen LogP contribution in [0.2, 0.25) is 0 Å². The molecule has 80 valence electrons. The summed E-state index contributed by atoms with van der Waals surface area (Å²) in [4.78, 5) is 4.01. The molecule has 0 aliphatic heterocycles. The molecule has 0 unspecified atom stereocenters. The molecule has 0 atom stereocenters. The summed E-state index contributed by atoms with van der Waals surface area (Å²) in [6.07, 6.45) is 1.58. The molecule has 0 radical (unpaired) electrons. The molecule has 0 aliphatic rings. The van der Waals surface area contributed by atoms with Crippen LogP contribution in [0, 0.1) is 18.3 Å². The third kappa shape index (κ3) is 1.86. The highest BCUT2D eigenvalue weighted by Gasteiger charge is 2.08. The molecule has 0 aliphatic carbocycles. The van der Waals surface area contributed by atoms with E-state index in [0.717, 1.165) is 5.69 Å². The third-order valence-corrected chi connectivity index (χ3v) is 2.05. The number of aromatic nitrogens is 3. The fraction of sp³-hybridized carbons (Fsp3) is 0.182. The third-order valence-electron chi connectivity index (χ3n) is 2.05. The second-order valence-electron chi connectivity index (χ2n) is 3.32. The molecule has 16 heavy (non-hydrogen) atoms. The summed E-state index contributed by atoms with van der Waals surface area (Å²) in [7, 11) is 1.78. The molecule has 0 bridgehead atoms. The number of nitriles is 1. The zero-order chi connectivity index (χ0) is 11.5. The zero-order valence-corrected chi connectivity index (χ0v) is 9.01. The van der Waals surface area contributed by atoms with E-state index in [1.54, 1.807) is 36.1 Å². The van der Waals surface area contributed by atoms with Crippen molar-refractivity contribution in [2.75, 3.05) is 0 Å². The van der Waals surface area contributed by atoms with Crippen molar-refractivity contribution in [2.45, 2.75) is 6.92 Å². The Kier molecular flexibility index (Phi) is 2.56. The molecule has 2 heterocycles. The first-order chi connectivity index (χ1) is 7.70. The second-order valence-corrected chi connectivity index (χ2v) is 3.32. The van der Waals surface area contributed by atoms with Gasteiger partial charge in [0.1, 0.15) is 11.6 Å². The van der Waals surface area contributed by atoms with E-state index in [0.29, 0.717) is 17.3 Å². The fourth-order valence-electron chi connectivity index (χ4n) is 1.34. The number of nitrogens with zero attached hydrogens (tertiary/aromatic N) is 4. The average Bonchev–Trinajstić information content (AvgIpc) is 2.58. The highest BCUT2D eigenvalue weighted by molar-refractivity contribution is 5.39. The lowest BCUT2D eigenvalue weighted by atomic mass is 10.3. The van der Waals surface area contributed by atoms with Gasteiger partial charge in [-0.05, 0) is 19.1 Å². The van der Waals surface area contributed by atoms with Crippen molar-refractivity contribution in [2.24, 2.45) is 7.05 Å². The molecule has 2 aromatic rings. The van der Waals surface area contributed by atoms with Crippen molar-refractivity contribution >= 4 is 0 Å². The largest absolute Gasteiger partial charge is 0.420 e. The molecule has 0 fully saturated rings. The molecule has 0 N–H and O–H groups in total. The lowest BCUT2D eigenvalue weighted by Crippen LogP contribution is -1.97. The lowest BCUT2D eigenvalue weighted by molar-refractivity contribution is 0.414. The van der Waals surface area contributed by atoms with Crippen molar-refractivity contribution in [3.05, 3.63) is 35.7 Å². The Hall–Kier alpha value is -2.35. The minimum atomic E-state index is 0.299. The molecular formula is C11H10N4O. The Morgan fingerprint density at radius 2 is 2.31 bits per heavy atom. The molecule has 0 aromatic carbocycles. The fourth-order valence-corrected chi connectivity index (χ4v) is 1.34. The van der Waals surface area contributed by atoms with E-state index >= 15 is 0 Å². The normalized spacial score (nSPS) is 9.81. The van der Waals surface area contributed by atoms with Crippen molar-refractivity contribution in [1.82, 2.24) is 14.8 Å². The van der Waals surface area contributed by atoms with Gasteiger partial charge in [0, 0.05) is 19.3 Å². The summed E-state index contributed by atoms with van der Waals surface area (Å²) in [6, 6.07) is 7.17. The van der Waals surface area contributed by atoms with Crippen LogP contribution < -0.4 is 4.74 Å². The van der Waals surface area contributed by atoms with Crippen LogP contribution in [0.15, 0.2) is 24.4 Å². The Bertz CT molecular complexity index is 553. The molecule has 0 spiro atoms. The van der Waals surface area contributed by atoms with Crippen LogP contribution >= 0.6 is 0 Å². The van der Waals surface area contributed by atoms with Gasteiger partial charge in [-0.1, -0.05) is 0 Å². The highest BCUT2D eigenvalue weighted by Crippen LogP contribution is 2.22. The van der Waals surface area contributed by atoms with E-state index in [1.165, 1.54) is 0 Å². The maximum Gasteiger partial charge on any atom is 0.239 e. The molecule has 0 saturated carbocycles. The lowest BCUT2D eigenvalue weighted by Gasteiger charge is -2.04. The van der Waals surface area contributed by atoms with Gasteiger partial charge in [0.05, 0.1) is 5.69 Å². The first-order valence-electron chi connectivity index (χ1n) is 4.74. The number of ether oxygens (including phenoxy) is 1. The van der Waals surface area contributed by atoms with Crippen molar-refractivity contribution in [1.29, 1.82) is 5.26 Å². The number of hydrogen-bond acceptors (Lipinski definition) is 4. The Morgan fingerprint density at radius 3 is 2.94 bits per heavy atom. The number of pyridine rings is 1. The molecule has 2 rings (SSSR count). The molecule has 5 nitrogen and oxygen atoms in total. The van der Waals surface area contributed by atoms with Crippen LogP contribution in [-0.2, 0) is 7.05 Å². The van der Waals surface area contributed by atoms with Gasteiger partial charge in [-0.15, -0.1) is 0 Å². The molecule has 0 amide bonds. The monoisotopic (exact) mass is 214 g/mol. The maximum absolute atomic E-state index is 8.88. The van der Waals surface area contributed by atoms with Crippen molar-refractivity contribution < 1.29 is 4.74 Å². The van der Waals surface area contributed by atoms with Crippen molar-refractivity contribution in [3.8, 4) is 17.8 Å². The average molecular weight is 214 g/mol. The van der Waals surface area contributed by atoms with E-state index in [2.05, 4.69) is 10.1 Å². The number of aryl methyl sites for hydroxylation is 2. The Labute approximate surface area is 92.9 Å². The van der Waals surface area contributed by atoms with Crippen LogP contribution in [0.4, 0.5) is 0 Å². The van der Waals surface area contributed by atoms with Crippen LogP contribution in [-0.4, -0.2) is 14.8 Å². The maximum atomic E-state index is 8.88. The minimum Gasteiger partial charge on any atom is -0.420 e. The second kappa shape index (κ2) is 4.03. The summed E-state index contributed by atoms with van der Waals surface area (Å²) in [6.45, 7) is 1.87. The molecular weight excluding hydrogens is 204 g/mol. The topological polar surface area (TPSA) is 63.7 Å². The van der Waals surface area contributed by atoms with Gasteiger partial charge < -0.3 is 4.74 Å². The van der Waals surface area contributed by atoms with Gasteiger partial charge in [-0.3, -0.25) is 0 Å². The minimum absolute atomic E-state index is 0.299. The van der Waals surface area contributed by atoms with Crippen LogP contribution in [0.25, 0.3) is 0 Å². The summed E-state index contributed by atoms with van der Waals surface area (Å²) in [5, 5.41) is 13.0. The Morgan fingerprint density at radius 1 is 1.50 bits per heavy atom.